The minimum atomic E-state index is 0.732. The van der Waals surface area contributed by atoms with Crippen molar-refractivity contribution in [3.8, 4) is 0 Å². The molecule has 0 aromatic carbocycles. The van der Waals surface area contributed by atoms with Gasteiger partial charge in [0.25, 0.3) is 0 Å². The first-order chi connectivity index (χ1) is 5.75. The monoisotopic (exact) mass is 165 g/mol. The molecule has 66 valence electrons. The number of nitrogens with one attached hydrogen (secondary N) is 1. The third-order valence-corrected chi connectivity index (χ3v) is 2.44. The number of hydrogen-bond acceptors (Lipinski definition) is 2. The molecule has 1 N–H and O–H groups in total. The summed E-state index contributed by atoms with van der Waals surface area (Å²) in [6.07, 6.45) is 1.32. The lowest BCUT2D eigenvalue weighted by molar-refractivity contribution is 0.458. The Balaban J connectivity index is 1.80. The zero-order valence-electron chi connectivity index (χ0n) is 7.63. The molecule has 0 spiro atoms. The Hall–Kier alpha value is -0.760. The highest BCUT2D eigenvalue weighted by atomic mass is 16.3. The molecule has 12 heavy (non-hydrogen) atoms. The highest BCUT2D eigenvalue weighted by Crippen LogP contribution is 2.29. The van der Waals surface area contributed by atoms with Crippen LogP contribution in [0.15, 0.2) is 16.5 Å². The largest absolute Gasteiger partial charge is 0.465 e. The van der Waals surface area contributed by atoms with Gasteiger partial charge in [-0.15, -0.1) is 0 Å². The van der Waals surface area contributed by atoms with Crippen LogP contribution in [0.3, 0.4) is 0 Å². The van der Waals surface area contributed by atoms with E-state index in [4.69, 9.17) is 4.42 Å². The SMILES string of the molecule is Cc1ccc(CN[C@@H]2C[C@H]2C)o1. The molecule has 2 rings (SSSR count). The van der Waals surface area contributed by atoms with E-state index in [-0.39, 0.29) is 0 Å². The Morgan fingerprint density at radius 2 is 2.33 bits per heavy atom. The van der Waals surface area contributed by atoms with Crippen molar-refractivity contribution in [3.63, 3.8) is 0 Å². The Morgan fingerprint density at radius 1 is 1.58 bits per heavy atom. The minimum Gasteiger partial charge on any atom is -0.465 e. The second kappa shape index (κ2) is 2.94. The zero-order valence-corrected chi connectivity index (χ0v) is 7.63. The van der Waals surface area contributed by atoms with Gasteiger partial charge in [0.1, 0.15) is 11.5 Å². The lowest BCUT2D eigenvalue weighted by atomic mass is 10.4. The Labute approximate surface area is 73.0 Å². The first kappa shape index (κ1) is 7.87. The predicted molar refractivity (Wildman–Crippen MR) is 47.9 cm³/mol. The molecule has 2 atom stereocenters. The van der Waals surface area contributed by atoms with E-state index in [0.717, 1.165) is 30.0 Å². The molecule has 1 aromatic heterocycles. The topological polar surface area (TPSA) is 25.2 Å². The van der Waals surface area contributed by atoms with Gasteiger partial charge < -0.3 is 9.73 Å². The first-order valence-corrected chi connectivity index (χ1v) is 4.54. The van der Waals surface area contributed by atoms with Crippen LogP contribution >= 0.6 is 0 Å². The normalized spacial score (nSPS) is 27.5. The molecule has 2 heteroatoms. The third-order valence-electron chi connectivity index (χ3n) is 2.44. The lowest BCUT2D eigenvalue weighted by Gasteiger charge is -1.98. The van der Waals surface area contributed by atoms with E-state index in [9.17, 15) is 0 Å². The predicted octanol–water partition coefficient (Wildman–Crippen LogP) is 2.09. The number of aryl methyl sites for hydroxylation is 1. The molecule has 0 unspecified atom stereocenters. The minimum absolute atomic E-state index is 0.732. The molecule has 1 aromatic rings. The highest BCUT2D eigenvalue weighted by molar-refractivity contribution is 5.06. The van der Waals surface area contributed by atoms with Crippen molar-refractivity contribution in [2.75, 3.05) is 0 Å². The molecule has 1 heterocycles. The van der Waals surface area contributed by atoms with Crippen LogP contribution in [-0.2, 0) is 6.54 Å². The summed E-state index contributed by atoms with van der Waals surface area (Å²) in [6, 6.07) is 4.78. The molecule has 1 saturated carbocycles. The summed E-state index contributed by atoms with van der Waals surface area (Å²) >= 11 is 0. The molecule has 1 aliphatic carbocycles. The summed E-state index contributed by atoms with van der Waals surface area (Å²) < 4.78 is 5.43. The molecular weight excluding hydrogens is 150 g/mol. The van der Waals surface area contributed by atoms with E-state index in [1.807, 2.05) is 19.1 Å². The summed E-state index contributed by atoms with van der Waals surface area (Å²) in [7, 11) is 0. The second-order valence-corrected chi connectivity index (χ2v) is 3.71. The van der Waals surface area contributed by atoms with Crippen molar-refractivity contribution in [2.45, 2.75) is 32.9 Å². The van der Waals surface area contributed by atoms with Crippen LogP contribution in [0.4, 0.5) is 0 Å². The molecule has 1 fully saturated rings. The Bertz CT molecular complexity index is 267. The molecule has 2 nitrogen and oxygen atoms in total. The van der Waals surface area contributed by atoms with Crippen molar-refractivity contribution in [2.24, 2.45) is 5.92 Å². The van der Waals surface area contributed by atoms with Crippen LogP contribution < -0.4 is 5.32 Å². The van der Waals surface area contributed by atoms with Crippen molar-refractivity contribution < 1.29 is 4.42 Å². The average Bonchev–Trinajstić information content (AvgIpc) is 2.56. The van der Waals surface area contributed by atoms with Gasteiger partial charge in [0.05, 0.1) is 6.54 Å². The van der Waals surface area contributed by atoms with E-state index in [1.54, 1.807) is 0 Å². The molecule has 0 amide bonds. The van der Waals surface area contributed by atoms with Crippen LogP contribution in [0.1, 0.15) is 24.9 Å². The number of furan rings is 1. The Morgan fingerprint density at radius 3 is 2.83 bits per heavy atom. The van der Waals surface area contributed by atoms with Gasteiger partial charge in [-0.1, -0.05) is 6.92 Å². The first-order valence-electron chi connectivity index (χ1n) is 4.54. The quantitative estimate of drug-likeness (QED) is 0.741. The fourth-order valence-electron chi connectivity index (χ4n) is 1.42. The molecule has 0 aliphatic heterocycles. The summed E-state index contributed by atoms with van der Waals surface area (Å²) in [5.74, 6) is 2.91. The zero-order chi connectivity index (χ0) is 8.55. The lowest BCUT2D eigenvalue weighted by Crippen LogP contribution is -2.16. The number of hydrogen-bond donors (Lipinski definition) is 1. The standard InChI is InChI=1S/C10H15NO/c1-7-5-10(7)11-6-9-4-3-8(2)12-9/h3-4,7,10-11H,5-6H2,1-2H3/t7-,10-/m1/s1. The Kier molecular flexibility index (Phi) is 1.93. The van der Waals surface area contributed by atoms with Gasteiger partial charge >= 0.3 is 0 Å². The van der Waals surface area contributed by atoms with Crippen LogP contribution in [-0.4, -0.2) is 6.04 Å². The molecule has 0 bridgehead atoms. The van der Waals surface area contributed by atoms with Gasteiger partial charge in [0.15, 0.2) is 0 Å². The maximum absolute atomic E-state index is 5.43. The highest BCUT2D eigenvalue weighted by Gasteiger charge is 2.31. The summed E-state index contributed by atoms with van der Waals surface area (Å²) in [4.78, 5) is 0. The van der Waals surface area contributed by atoms with Crippen molar-refractivity contribution in [1.82, 2.24) is 5.32 Å². The van der Waals surface area contributed by atoms with Crippen LogP contribution in [0.5, 0.6) is 0 Å². The smallest absolute Gasteiger partial charge is 0.117 e. The van der Waals surface area contributed by atoms with Gasteiger partial charge in [-0.3, -0.25) is 0 Å². The van der Waals surface area contributed by atoms with Crippen LogP contribution in [0, 0.1) is 12.8 Å². The summed E-state index contributed by atoms with van der Waals surface area (Å²) in [6.45, 7) is 5.12. The van der Waals surface area contributed by atoms with Gasteiger partial charge in [0, 0.05) is 6.04 Å². The van der Waals surface area contributed by atoms with E-state index in [2.05, 4.69) is 12.2 Å². The third kappa shape index (κ3) is 1.69. The van der Waals surface area contributed by atoms with E-state index in [1.165, 1.54) is 6.42 Å². The van der Waals surface area contributed by atoms with Crippen molar-refractivity contribution >= 4 is 0 Å². The molecule has 0 saturated heterocycles. The van der Waals surface area contributed by atoms with Crippen LogP contribution in [0.25, 0.3) is 0 Å². The van der Waals surface area contributed by atoms with Gasteiger partial charge in [-0.2, -0.15) is 0 Å². The van der Waals surface area contributed by atoms with Gasteiger partial charge in [-0.25, -0.2) is 0 Å². The van der Waals surface area contributed by atoms with Gasteiger partial charge in [0.2, 0.25) is 0 Å². The maximum atomic E-state index is 5.43. The molecular formula is C10H15NO. The fraction of sp³-hybridized carbons (Fsp3) is 0.600. The van der Waals surface area contributed by atoms with Crippen molar-refractivity contribution in [3.05, 3.63) is 23.7 Å². The summed E-state index contributed by atoms with van der Waals surface area (Å²) in [5, 5.41) is 3.44. The van der Waals surface area contributed by atoms with E-state index < -0.39 is 0 Å². The molecule has 1 aliphatic rings. The van der Waals surface area contributed by atoms with Crippen LogP contribution in [0.2, 0.25) is 0 Å². The average molecular weight is 165 g/mol. The number of rotatable bonds is 3. The summed E-state index contributed by atoms with van der Waals surface area (Å²) in [5.41, 5.74) is 0. The maximum Gasteiger partial charge on any atom is 0.117 e. The van der Waals surface area contributed by atoms with E-state index in [0.29, 0.717) is 0 Å². The van der Waals surface area contributed by atoms with E-state index >= 15 is 0 Å². The fourth-order valence-corrected chi connectivity index (χ4v) is 1.42. The van der Waals surface area contributed by atoms with Crippen molar-refractivity contribution in [1.29, 1.82) is 0 Å². The second-order valence-electron chi connectivity index (χ2n) is 3.71. The van der Waals surface area contributed by atoms with Gasteiger partial charge in [-0.05, 0) is 31.4 Å². The molecule has 0 radical (unpaired) electrons.